The van der Waals surface area contributed by atoms with E-state index >= 15 is 0 Å². The molecule has 0 fully saturated rings. The molecule has 7 N–H and O–H groups in total. The number of carboxylic acid groups (broad SMARTS) is 1. The summed E-state index contributed by atoms with van der Waals surface area (Å²) in [6, 6.07) is 5.88. The molecule has 15 nitrogen and oxygen atoms in total. The lowest BCUT2D eigenvalue weighted by Gasteiger charge is -2.31. The van der Waals surface area contributed by atoms with Crippen molar-refractivity contribution in [2.45, 2.75) is 164 Å². The van der Waals surface area contributed by atoms with Gasteiger partial charge in [-0.1, -0.05) is 65.7 Å². The van der Waals surface area contributed by atoms with E-state index in [0.717, 1.165) is 110 Å². The molecule has 0 aliphatic carbocycles. The van der Waals surface area contributed by atoms with E-state index in [2.05, 4.69) is 66.0 Å². The van der Waals surface area contributed by atoms with Gasteiger partial charge < -0.3 is 30.5 Å². The summed E-state index contributed by atoms with van der Waals surface area (Å²) in [6.07, 6.45) is 13.7. The normalized spacial score (nSPS) is 13.3. The van der Waals surface area contributed by atoms with E-state index in [1.54, 1.807) is 6.20 Å². The van der Waals surface area contributed by atoms with Gasteiger partial charge in [-0.15, -0.1) is 12.4 Å². The first kappa shape index (κ1) is 53.9. The molecule has 6 heterocycles. The molecule has 0 unspecified atom stereocenters. The molecule has 0 saturated heterocycles. The summed E-state index contributed by atoms with van der Waals surface area (Å²) in [5.74, 6) is -2.72. The highest BCUT2D eigenvalue weighted by atomic mass is 35.5. The number of fused-ring (bicyclic) bond motifs is 8. The fraction of sp³-hybridized carbons (Fsp3) is 0.491. The number of rotatable bonds is 22. The number of ether oxygens (including phenoxy) is 1. The molecule has 2 atom stereocenters. The molecule has 4 aromatic rings. The molecule has 8 bridgehead atoms. The van der Waals surface area contributed by atoms with Crippen molar-refractivity contribution in [2.24, 2.45) is 5.73 Å². The molecule has 0 saturated carbocycles. The Hall–Kier alpha value is -6.06. The number of hydrogen-bond acceptors (Lipinski definition) is 9. The van der Waals surface area contributed by atoms with Crippen molar-refractivity contribution in [3.05, 3.63) is 87.5 Å². The molecule has 0 radical (unpaired) electrons. The maximum atomic E-state index is 14.2. The van der Waals surface area contributed by atoms with Crippen LogP contribution in [0.3, 0.4) is 0 Å². The first-order valence-corrected chi connectivity index (χ1v) is 24.5. The van der Waals surface area contributed by atoms with E-state index in [0.29, 0.717) is 23.3 Å². The Labute approximate surface area is 412 Å². The maximum absolute atomic E-state index is 14.2. The molecular formula is C53H72ClN9O6. The van der Waals surface area contributed by atoms with Gasteiger partial charge >= 0.3 is 11.9 Å². The number of hydrazine groups is 1. The highest BCUT2D eigenvalue weighted by molar-refractivity contribution is 5.96. The van der Waals surface area contributed by atoms with Gasteiger partial charge in [0.25, 0.3) is 5.91 Å². The van der Waals surface area contributed by atoms with Crippen LogP contribution >= 0.6 is 12.4 Å². The van der Waals surface area contributed by atoms with E-state index in [-0.39, 0.29) is 51.1 Å². The summed E-state index contributed by atoms with van der Waals surface area (Å²) >= 11 is 0. The average Bonchev–Trinajstić information content (AvgIpc) is 4.12. The van der Waals surface area contributed by atoms with Gasteiger partial charge in [0.1, 0.15) is 0 Å². The Bertz CT molecular complexity index is 2710. The van der Waals surface area contributed by atoms with E-state index in [1.807, 2.05) is 32.0 Å². The van der Waals surface area contributed by atoms with Crippen molar-refractivity contribution >= 4 is 80.5 Å². The molecule has 2 amide bonds. The third kappa shape index (κ3) is 13.2. The number of carboxylic acids is 1. The lowest BCUT2D eigenvalue weighted by atomic mass is 10.00. The summed E-state index contributed by atoms with van der Waals surface area (Å²) < 4.78 is 5.76. The zero-order chi connectivity index (χ0) is 49.1. The second-order valence-electron chi connectivity index (χ2n) is 18.2. The number of aliphatic carboxylic acids is 1. The second kappa shape index (κ2) is 25.0. The molecule has 0 aromatic carbocycles. The van der Waals surface area contributed by atoms with Crippen LogP contribution in [0.5, 0.6) is 0 Å². The maximum Gasteiger partial charge on any atom is 0.331 e. The Morgan fingerprint density at radius 2 is 1.30 bits per heavy atom. The van der Waals surface area contributed by atoms with Gasteiger partial charge in [0.05, 0.1) is 47.4 Å². The minimum atomic E-state index is -1.22. The summed E-state index contributed by atoms with van der Waals surface area (Å²) in [6.45, 7) is 16.3. The number of esters is 1. The molecule has 2 aliphatic rings. The van der Waals surface area contributed by atoms with E-state index in [9.17, 15) is 24.3 Å². The largest absolute Gasteiger partial charge is 0.481 e. The molecule has 69 heavy (non-hydrogen) atoms. The number of allylic oxidation sites excluding steroid dienone is 4. The summed E-state index contributed by atoms with van der Waals surface area (Å²) in [7, 11) is 0. The second-order valence-corrected chi connectivity index (χ2v) is 18.2. The number of nitrogens with zero attached hydrogens (tertiary/aromatic N) is 4. The first-order valence-electron chi connectivity index (χ1n) is 24.5. The first-order chi connectivity index (χ1) is 32.6. The van der Waals surface area contributed by atoms with Gasteiger partial charge in [-0.05, 0) is 136 Å². The Kier molecular flexibility index (Phi) is 19.5. The fourth-order valence-electron chi connectivity index (χ4n) is 9.31. The number of carbonyl (C=O) groups excluding carboxylic acids is 3. The number of hydrogen-bond donors (Lipinski definition) is 6. The highest BCUT2D eigenvalue weighted by Crippen LogP contribution is 2.37. The number of aryl methyl sites for hydroxylation is 4. The van der Waals surface area contributed by atoms with Crippen LogP contribution in [0.2, 0.25) is 0 Å². The summed E-state index contributed by atoms with van der Waals surface area (Å²) in [4.78, 5) is 78.5. The minimum absolute atomic E-state index is 0. The summed E-state index contributed by atoms with van der Waals surface area (Å²) in [5, 5.41) is 10.8. The zero-order valence-electron chi connectivity index (χ0n) is 41.7. The van der Waals surface area contributed by atoms with Crippen molar-refractivity contribution < 1.29 is 29.0 Å². The third-order valence-electron chi connectivity index (χ3n) is 13.4. The number of nitrogens with one attached hydrogen (secondary N) is 4. The van der Waals surface area contributed by atoms with Gasteiger partial charge in [0.15, 0.2) is 6.04 Å². The topological polar surface area (TPSA) is 225 Å². The monoisotopic (exact) mass is 966 g/mol. The molecule has 6 rings (SSSR count). The van der Waals surface area contributed by atoms with Crippen LogP contribution in [0, 0.1) is 13.8 Å². The number of amides is 2. The number of aromatic nitrogens is 6. The Morgan fingerprint density at radius 3 is 1.90 bits per heavy atom. The molecule has 0 spiro atoms. The van der Waals surface area contributed by atoms with Crippen LogP contribution in [0.1, 0.15) is 169 Å². The van der Waals surface area contributed by atoms with Crippen molar-refractivity contribution in [3.63, 3.8) is 0 Å². The number of carbonyl (C=O) groups is 4. The molecule has 16 heteroatoms. The number of aromatic amines is 3. The van der Waals surface area contributed by atoms with Crippen molar-refractivity contribution in [1.29, 1.82) is 0 Å². The van der Waals surface area contributed by atoms with Gasteiger partial charge in [-0.3, -0.25) is 19.8 Å². The van der Waals surface area contributed by atoms with E-state index in [4.69, 9.17) is 20.4 Å². The SMILES string of the molecule is CCCCCCCCCCOC(=O)[C@H](Cc1c[nH]cn1)N(NC(=O)CCc1c(C)c2cc3nc(cc4[nH]c(cc5nc(cc1[nH]2)C(CCC(=O)O)=C5C)c(C)c4CC)C(C)=C3CC)C(=O)[C@H](C)N.Cl. The Morgan fingerprint density at radius 1 is 0.739 bits per heavy atom. The van der Waals surface area contributed by atoms with Gasteiger partial charge in [0, 0.05) is 47.5 Å². The zero-order valence-corrected chi connectivity index (χ0v) is 42.5. The lowest BCUT2D eigenvalue weighted by Crippen LogP contribution is -2.59. The quantitative estimate of drug-likeness (QED) is 0.0248. The van der Waals surface area contributed by atoms with Crippen LogP contribution in [-0.2, 0) is 43.2 Å². The number of H-pyrrole nitrogens is 3. The molecular weight excluding hydrogens is 894 g/mol. The Balaban J connectivity index is 0.00000888. The standard InChI is InChI=1S/C53H71N9O6.ClH/c1-9-12-13-14-15-16-17-18-23-68-53(67)49(24-36-29-55-30-56-36)62(52(66)35(8)54)61-50(63)21-19-39-33(6)44-27-46-38(11-3)32(5)43(58-46)26-45-37(10-2)31(4)41(57-45)25-42-34(7)40(20-22-51(64)65)48(59-42)28-47(39)60-44;/h25-30,35,49,57,60H,9-24,54H2,1-8H3,(H,55,56)(H,61,63)(H,64,65);1H/t35-,49-;/m0./s1. The van der Waals surface area contributed by atoms with Crippen LogP contribution < -0.4 is 11.2 Å². The van der Waals surface area contributed by atoms with E-state index in [1.165, 1.54) is 44.5 Å². The number of unbranched alkanes of at least 4 members (excludes halogenated alkanes) is 7. The summed E-state index contributed by atoms with van der Waals surface area (Å²) in [5.41, 5.74) is 23.9. The molecule has 4 aromatic heterocycles. The minimum Gasteiger partial charge on any atom is -0.481 e. The van der Waals surface area contributed by atoms with Gasteiger partial charge in [-0.25, -0.2) is 24.8 Å². The third-order valence-corrected chi connectivity index (χ3v) is 13.4. The smallest absolute Gasteiger partial charge is 0.331 e. The molecule has 372 valence electrons. The van der Waals surface area contributed by atoms with Gasteiger partial charge in [0.2, 0.25) is 5.91 Å². The number of nitrogens with two attached hydrogens (primary N) is 1. The average molecular weight is 967 g/mol. The van der Waals surface area contributed by atoms with Crippen LogP contribution in [0.15, 0.2) is 36.8 Å². The fourth-order valence-corrected chi connectivity index (χ4v) is 9.31. The number of halogens is 1. The number of imidazole rings is 1. The van der Waals surface area contributed by atoms with Gasteiger partial charge in [-0.2, -0.15) is 0 Å². The van der Waals surface area contributed by atoms with Crippen LogP contribution in [0.25, 0.3) is 44.4 Å². The van der Waals surface area contributed by atoms with Crippen LogP contribution in [0.4, 0.5) is 0 Å². The predicted molar refractivity (Wildman–Crippen MR) is 276 cm³/mol. The van der Waals surface area contributed by atoms with Crippen molar-refractivity contribution in [3.8, 4) is 0 Å². The molecule has 2 aliphatic heterocycles. The van der Waals surface area contributed by atoms with E-state index < -0.39 is 35.8 Å². The van der Waals surface area contributed by atoms with Crippen molar-refractivity contribution in [2.75, 3.05) is 6.61 Å². The van der Waals surface area contributed by atoms with Crippen molar-refractivity contribution in [1.82, 2.24) is 40.3 Å². The van der Waals surface area contributed by atoms with Crippen LogP contribution in [-0.4, -0.2) is 82.5 Å². The lowest BCUT2D eigenvalue weighted by molar-refractivity contribution is -0.160. The highest BCUT2D eigenvalue weighted by Gasteiger charge is 2.35. The predicted octanol–water partition coefficient (Wildman–Crippen LogP) is 10.2.